The van der Waals surface area contributed by atoms with Crippen LogP contribution in [0.3, 0.4) is 0 Å². The summed E-state index contributed by atoms with van der Waals surface area (Å²) >= 11 is 0. The van der Waals surface area contributed by atoms with Crippen LogP contribution in [0, 0.1) is 0 Å². The SMILES string of the molecule is CCCCN(CCCC)C(=O)NP(=O)(OCC)OCC. The Hall–Kier alpha value is -0.580. The molecule has 0 aromatic carbocycles. The highest BCUT2D eigenvalue weighted by atomic mass is 31.2. The molecule has 0 fully saturated rings. The molecule has 2 amide bonds. The molecule has 0 spiro atoms. The van der Waals surface area contributed by atoms with E-state index in [4.69, 9.17) is 9.05 Å². The Kier molecular flexibility index (Phi) is 10.8. The van der Waals surface area contributed by atoms with Gasteiger partial charge in [0.25, 0.3) is 0 Å². The minimum atomic E-state index is -3.53. The lowest BCUT2D eigenvalue weighted by Crippen LogP contribution is -2.40. The number of unbranched alkanes of at least 4 members (excludes halogenated alkanes) is 2. The van der Waals surface area contributed by atoms with Crippen molar-refractivity contribution in [1.82, 2.24) is 9.99 Å². The molecule has 7 heteroatoms. The molecule has 0 aliphatic heterocycles. The molecular formula is C13H29N2O4P. The monoisotopic (exact) mass is 308 g/mol. The Labute approximate surface area is 122 Å². The number of rotatable bonds is 11. The maximum Gasteiger partial charge on any atom is 0.436 e. The second-order valence-electron chi connectivity index (χ2n) is 4.44. The molecule has 0 saturated carbocycles. The van der Waals surface area contributed by atoms with E-state index in [1.807, 2.05) is 0 Å². The summed E-state index contributed by atoms with van der Waals surface area (Å²) in [4.78, 5) is 13.9. The predicted octanol–water partition coefficient (Wildman–Crippen LogP) is 3.78. The molecule has 0 aromatic rings. The molecule has 20 heavy (non-hydrogen) atoms. The van der Waals surface area contributed by atoms with E-state index in [9.17, 15) is 9.36 Å². The standard InChI is InChI=1S/C13H29N2O4P/c1-5-9-11-15(12-10-6-2)13(16)14-20(17,18-7-3)19-8-4/h5-12H2,1-4H3,(H,14,16,17). The van der Waals surface area contributed by atoms with E-state index in [1.165, 1.54) is 0 Å². The Balaban J connectivity index is 4.63. The zero-order chi connectivity index (χ0) is 15.4. The minimum absolute atomic E-state index is 0.224. The molecule has 0 radical (unpaired) electrons. The summed E-state index contributed by atoms with van der Waals surface area (Å²) in [6, 6.07) is -0.378. The van der Waals surface area contributed by atoms with Gasteiger partial charge in [0, 0.05) is 13.1 Å². The van der Waals surface area contributed by atoms with Crippen LogP contribution in [0.2, 0.25) is 0 Å². The smallest absolute Gasteiger partial charge is 0.324 e. The van der Waals surface area contributed by atoms with Crippen molar-refractivity contribution in [3.05, 3.63) is 0 Å². The lowest BCUT2D eigenvalue weighted by Gasteiger charge is -2.25. The van der Waals surface area contributed by atoms with Crippen LogP contribution in [0.4, 0.5) is 4.79 Å². The van der Waals surface area contributed by atoms with Gasteiger partial charge in [-0.15, -0.1) is 0 Å². The third kappa shape index (κ3) is 7.88. The zero-order valence-corrected chi connectivity index (χ0v) is 14.1. The molecule has 0 rings (SSSR count). The molecule has 0 saturated heterocycles. The van der Waals surface area contributed by atoms with E-state index < -0.39 is 7.75 Å². The van der Waals surface area contributed by atoms with Crippen LogP contribution < -0.4 is 5.09 Å². The fourth-order valence-electron chi connectivity index (χ4n) is 1.64. The van der Waals surface area contributed by atoms with Crippen LogP contribution >= 0.6 is 7.75 Å². The Morgan fingerprint density at radius 2 is 1.45 bits per heavy atom. The lowest BCUT2D eigenvalue weighted by molar-refractivity contribution is 0.184. The van der Waals surface area contributed by atoms with Crippen LogP contribution in [-0.2, 0) is 13.6 Å². The molecule has 0 aliphatic rings. The van der Waals surface area contributed by atoms with Crippen LogP contribution in [0.15, 0.2) is 0 Å². The number of hydrogen-bond acceptors (Lipinski definition) is 4. The molecule has 120 valence electrons. The zero-order valence-electron chi connectivity index (χ0n) is 13.2. The van der Waals surface area contributed by atoms with Gasteiger partial charge in [-0.1, -0.05) is 26.7 Å². The van der Waals surface area contributed by atoms with Crippen molar-refractivity contribution >= 4 is 13.8 Å². The maximum absolute atomic E-state index is 12.3. The summed E-state index contributed by atoms with van der Waals surface area (Å²) in [6.45, 7) is 9.32. The first-order chi connectivity index (χ1) is 9.52. The molecule has 0 bridgehead atoms. The number of carbonyl (C=O) groups excluding carboxylic acids is 1. The minimum Gasteiger partial charge on any atom is -0.324 e. The third-order valence-electron chi connectivity index (χ3n) is 2.68. The first-order valence-corrected chi connectivity index (χ1v) is 9.03. The summed E-state index contributed by atoms with van der Waals surface area (Å²) in [5.74, 6) is 0. The van der Waals surface area contributed by atoms with Crippen molar-refractivity contribution in [2.45, 2.75) is 53.4 Å². The number of amides is 2. The first-order valence-electron chi connectivity index (χ1n) is 7.49. The molecule has 0 aliphatic carbocycles. The van der Waals surface area contributed by atoms with Crippen molar-refractivity contribution < 1.29 is 18.4 Å². The average Bonchev–Trinajstić information content (AvgIpc) is 2.39. The van der Waals surface area contributed by atoms with E-state index in [0.29, 0.717) is 13.1 Å². The second-order valence-corrected chi connectivity index (χ2v) is 6.18. The number of carbonyl (C=O) groups is 1. The van der Waals surface area contributed by atoms with Crippen molar-refractivity contribution in [3.63, 3.8) is 0 Å². The van der Waals surface area contributed by atoms with Gasteiger partial charge in [-0.3, -0.25) is 9.05 Å². The molecule has 1 N–H and O–H groups in total. The number of nitrogens with one attached hydrogen (secondary N) is 1. The first kappa shape index (κ1) is 19.4. The van der Waals surface area contributed by atoms with Crippen molar-refractivity contribution in [2.75, 3.05) is 26.3 Å². The number of nitrogens with zero attached hydrogens (tertiary/aromatic N) is 1. The predicted molar refractivity (Wildman–Crippen MR) is 80.8 cm³/mol. The highest BCUT2D eigenvalue weighted by Gasteiger charge is 2.28. The van der Waals surface area contributed by atoms with Gasteiger partial charge in [0.05, 0.1) is 13.2 Å². The number of hydrogen-bond donors (Lipinski definition) is 1. The fourth-order valence-corrected chi connectivity index (χ4v) is 2.90. The summed E-state index contributed by atoms with van der Waals surface area (Å²) in [5.41, 5.74) is 0. The average molecular weight is 308 g/mol. The second kappa shape index (κ2) is 11.1. The van der Waals surface area contributed by atoms with Crippen molar-refractivity contribution in [2.24, 2.45) is 0 Å². The van der Waals surface area contributed by atoms with Crippen LogP contribution in [-0.4, -0.2) is 37.2 Å². The van der Waals surface area contributed by atoms with E-state index in [2.05, 4.69) is 18.9 Å². The van der Waals surface area contributed by atoms with E-state index in [-0.39, 0.29) is 19.2 Å². The molecule has 0 unspecified atom stereocenters. The largest absolute Gasteiger partial charge is 0.436 e. The Bertz CT molecular complexity index is 295. The van der Waals surface area contributed by atoms with E-state index in [1.54, 1.807) is 18.7 Å². The molecule has 0 aromatic heterocycles. The van der Waals surface area contributed by atoms with Crippen molar-refractivity contribution in [1.29, 1.82) is 0 Å². The van der Waals surface area contributed by atoms with Crippen LogP contribution in [0.1, 0.15) is 53.4 Å². The quantitative estimate of drug-likeness (QED) is 0.590. The van der Waals surface area contributed by atoms with Crippen molar-refractivity contribution in [3.8, 4) is 0 Å². The van der Waals surface area contributed by atoms with Crippen LogP contribution in [0.5, 0.6) is 0 Å². The van der Waals surface area contributed by atoms with Gasteiger partial charge < -0.3 is 4.90 Å². The Morgan fingerprint density at radius 1 is 1.00 bits per heavy atom. The summed E-state index contributed by atoms with van der Waals surface area (Å²) < 4.78 is 22.4. The lowest BCUT2D eigenvalue weighted by atomic mass is 10.3. The molecule has 6 nitrogen and oxygen atoms in total. The highest BCUT2D eigenvalue weighted by molar-refractivity contribution is 7.52. The van der Waals surface area contributed by atoms with Gasteiger partial charge in [0.2, 0.25) is 0 Å². The van der Waals surface area contributed by atoms with Gasteiger partial charge in [0.1, 0.15) is 0 Å². The third-order valence-corrected chi connectivity index (χ3v) is 4.34. The molecule has 0 heterocycles. The van der Waals surface area contributed by atoms with Gasteiger partial charge in [-0.05, 0) is 26.7 Å². The summed E-state index contributed by atoms with van der Waals surface area (Å²) in [6.07, 6.45) is 3.85. The maximum atomic E-state index is 12.3. The van der Waals surface area contributed by atoms with Gasteiger partial charge in [-0.25, -0.2) is 14.4 Å². The van der Waals surface area contributed by atoms with Crippen LogP contribution in [0.25, 0.3) is 0 Å². The topological polar surface area (TPSA) is 67.9 Å². The normalized spacial score (nSPS) is 11.4. The molecule has 0 atom stereocenters. The van der Waals surface area contributed by atoms with Gasteiger partial charge >= 0.3 is 13.8 Å². The summed E-state index contributed by atoms with van der Waals surface area (Å²) in [5, 5.41) is 2.41. The fraction of sp³-hybridized carbons (Fsp3) is 0.923. The Morgan fingerprint density at radius 3 is 1.80 bits per heavy atom. The van der Waals surface area contributed by atoms with Gasteiger partial charge in [0.15, 0.2) is 0 Å². The summed E-state index contributed by atoms with van der Waals surface area (Å²) in [7, 11) is -3.53. The number of urea groups is 1. The van der Waals surface area contributed by atoms with E-state index >= 15 is 0 Å². The van der Waals surface area contributed by atoms with E-state index in [0.717, 1.165) is 25.7 Å². The van der Waals surface area contributed by atoms with Gasteiger partial charge in [-0.2, -0.15) is 0 Å². The molecular weight excluding hydrogens is 279 g/mol. The highest BCUT2D eigenvalue weighted by Crippen LogP contribution is 2.43.